The number of rotatable bonds is 2. The minimum absolute atomic E-state index is 0.0190. The number of carbonyl (C=O) groups excluding carboxylic acids is 1. The SMILES string of the molecule is NC(=O)c1nn(-c2ncncc2Br)cc1N. The van der Waals surface area contributed by atoms with Crippen molar-refractivity contribution in [1.82, 2.24) is 19.7 Å². The Morgan fingerprint density at radius 1 is 1.50 bits per heavy atom. The van der Waals surface area contributed by atoms with E-state index in [9.17, 15) is 4.79 Å². The number of primary amides is 1. The molecule has 2 rings (SSSR count). The predicted molar refractivity (Wildman–Crippen MR) is 59.8 cm³/mol. The molecule has 4 N–H and O–H groups in total. The van der Waals surface area contributed by atoms with Crippen molar-refractivity contribution in [3.8, 4) is 5.82 Å². The first kappa shape index (κ1) is 10.6. The van der Waals surface area contributed by atoms with E-state index < -0.39 is 5.91 Å². The third-order valence-corrected chi connectivity index (χ3v) is 2.40. The van der Waals surface area contributed by atoms with Crippen LogP contribution in [0, 0.1) is 0 Å². The molecule has 0 aliphatic rings. The fraction of sp³-hybridized carbons (Fsp3) is 0. The maximum absolute atomic E-state index is 11.0. The molecule has 7 nitrogen and oxygen atoms in total. The lowest BCUT2D eigenvalue weighted by atomic mass is 10.4. The summed E-state index contributed by atoms with van der Waals surface area (Å²) in [5.74, 6) is -0.198. The number of nitrogens with two attached hydrogens (primary N) is 2. The van der Waals surface area contributed by atoms with E-state index in [1.165, 1.54) is 17.2 Å². The molecule has 82 valence electrons. The molecule has 0 aromatic carbocycles. The second kappa shape index (κ2) is 3.89. The molecule has 0 bridgehead atoms. The Morgan fingerprint density at radius 2 is 2.25 bits per heavy atom. The van der Waals surface area contributed by atoms with Crippen molar-refractivity contribution < 1.29 is 4.79 Å². The first-order chi connectivity index (χ1) is 7.59. The molecule has 0 radical (unpaired) electrons. The van der Waals surface area contributed by atoms with Gasteiger partial charge in [-0.15, -0.1) is 0 Å². The van der Waals surface area contributed by atoms with Crippen LogP contribution < -0.4 is 11.5 Å². The lowest BCUT2D eigenvalue weighted by Crippen LogP contribution is -2.14. The van der Waals surface area contributed by atoms with Crippen molar-refractivity contribution in [3.05, 3.63) is 28.9 Å². The van der Waals surface area contributed by atoms with Gasteiger partial charge in [0.25, 0.3) is 5.91 Å². The molecule has 0 fully saturated rings. The molecule has 2 heterocycles. The zero-order valence-corrected chi connectivity index (χ0v) is 9.55. The third-order valence-electron chi connectivity index (χ3n) is 1.84. The zero-order chi connectivity index (χ0) is 11.7. The lowest BCUT2D eigenvalue weighted by molar-refractivity contribution is 0.0996. The van der Waals surface area contributed by atoms with Gasteiger partial charge in [0, 0.05) is 6.20 Å². The minimum atomic E-state index is -0.679. The van der Waals surface area contributed by atoms with Crippen LogP contribution in [0.4, 0.5) is 5.69 Å². The monoisotopic (exact) mass is 282 g/mol. The van der Waals surface area contributed by atoms with Gasteiger partial charge in [-0.25, -0.2) is 14.6 Å². The van der Waals surface area contributed by atoms with E-state index >= 15 is 0 Å². The van der Waals surface area contributed by atoms with Gasteiger partial charge in [-0.05, 0) is 15.9 Å². The van der Waals surface area contributed by atoms with E-state index in [4.69, 9.17) is 11.5 Å². The number of carbonyl (C=O) groups is 1. The molecule has 0 spiro atoms. The van der Waals surface area contributed by atoms with E-state index in [2.05, 4.69) is 31.0 Å². The predicted octanol–water partition coefficient (Wildman–Crippen LogP) is 0.106. The molecule has 0 aliphatic carbocycles. The molecule has 0 unspecified atom stereocenters. The highest BCUT2D eigenvalue weighted by Crippen LogP contribution is 2.18. The van der Waals surface area contributed by atoms with Gasteiger partial charge in [0.2, 0.25) is 0 Å². The van der Waals surface area contributed by atoms with E-state index in [-0.39, 0.29) is 11.4 Å². The molecule has 0 saturated carbocycles. The quantitative estimate of drug-likeness (QED) is 0.811. The van der Waals surface area contributed by atoms with E-state index in [1.54, 1.807) is 6.20 Å². The summed E-state index contributed by atoms with van der Waals surface area (Å²) in [4.78, 5) is 18.8. The summed E-state index contributed by atoms with van der Waals surface area (Å²) in [5, 5.41) is 3.94. The number of amides is 1. The van der Waals surface area contributed by atoms with Crippen LogP contribution in [0.1, 0.15) is 10.5 Å². The molecule has 0 aliphatic heterocycles. The fourth-order valence-electron chi connectivity index (χ4n) is 1.16. The number of anilines is 1. The third kappa shape index (κ3) is 1.74. The molecular formula is C8H7BrN6O. The van der Waals surface area contributed by atoms with Gasteiger partial charge in [-0.2, -0.15) is 5.10 Å². The number of hydrogen-bond donors (Lipinski definition) is 2. The summed E-state index contributed by atoms with van der Waals surface area (Å²) in [6.45, 7) is 0. The van der Waals surface area contributed by atoms with Crippen molar-refractivity contribution in [2.45, 2.75) is 0 Å². The number of hydrogen-bond acceptors (Lipinski definition) is 5. The normalized spacial score (nSPS) is 10.3. The summed E-state index contributed by atoms with van der Waals surface area (Å²) in [7, 11) is 0. The zero-order valence-electron chi connectivity index (χ0n) is 7.96. The van der Waals surface area contributed by atoms with Crippen molar-refractivity contribution in [1.29, 1.82) is 0 Å². The van der Waals surface area contributed by atoms with Gasteiger partial charge in [0.1, 0.15) is 6.33 Å². The van der Waals surface area contributed by atoms with Crippen LogP contribution in [-0.2, 0) is 0 Å². The van der Waals surface area contributed by atoms with Crippen LogP contribution >= 0.6 is 15.9 Å². The highest BCUT2D eigenvalue weighted by Gasteiger charge is 2.14. The lowest BCUT2D eigenvalue weighted by Gasteiger charge is -2.00. The Balaban J connectivity index is 2.54. The van der Waals surface area contributed by atoms with Gasteiger partial charge < -0.3 is 11.5 Å². The molecule has 16 heavy (non-hydrogen) atoms. The van der Waals surface area contributed by atoms with E-state index in [1.807, 2.05) is 0 Å². The maximum Gasteiger partial charge on any atom is 0.271 e. The van der Waals surface area contributed by atoms with E-state index in [0.29, 0.717) is 10.3 Å². The van der Waals surface area contributed by atoms with E-state index in [0.717, 1.165) is 0 Å². The number of halogens is 1. The highest BCUT2D eigenvalue weighted by atomic mass is 79.9. The molecule has 0 atom stereocenters. The Labute approximate surface area is 98.6 Å². The van der Waals surface area contributed by atoms with Crippen LogP contribution in [0.25, 0.3) is 5.82 Å². The van der Waals surface area contributed by atoms with Crippen molar-refractivity contribution >= 4 is 27.5 Å². The van der Waals surface area contributed by atoms with Crippen molar-refractivity contribution in [2.24, 2.45) is 5.73 Å². The minimum Gasteiger partial charge on any atom is -0.396 e. The molecule has 8 heteroatoms. The van der Waals surface area contributed by atoms with Gasteiger partial charge in [0.05, 0.1) is 16.4 Å². The largest absolute Gasteiger partial charge is 0.396 e. The Bertz CT molecular complexity index is 551. The molecule has 0 saturated heterocycles. The fourth-order valence-corrected chi connectivity index (χ4v) is 1.56. The second-order valence-electron chi connectivity index (χ2n) is 2.94. The molecule has 2 aromatic rings. The van der Waals surface area contributed by atoms with Gasteiger partial charge in [-0.3, -0.25) is 4.79 Å². The summed E-state index contributed by atoms with van der Waals surface area (Å²) < 4.78 is 2.00. The van der Waals surface area contributed by atoms with Crippen molar-refractivity contribution in [2.75, 3.05) is 5.73 Å². The Kier molecular flexibility index (Phi) is 2.57. The number of nitrogen functional groups attached to an aromatic ring is 1. The highest BCUT2D eigenvalue weighted by molar-refractivity contribution is 9.10. The number of aromatic nitrogens is 4. The summed E-state index contributed by atoms with van der Waals surface area (Å²) in [5.41, 5.74) is 10.9. The number of nitrogens with zero attached hydrogens (tertiary/aromatic N) is 4. The van der Waals surface area contributed by atoms with Gasteiger partial charge in [0.15, 0.2) is 11.5 Å². The summed E-state index contributed by atoms with van der Waals surface area (Å²) in [6.07, 6.45) is 4.39. The Morgan fingerprint density at radius 3 is 2.81 bits per heavy atom. The average Bonchev–Trinajstić information content (AvgIpc) is 2.61. The Hall–Kier alpha value is -1.96. The van der Waals surface area contributed by atoms with Crippen LogP contribution in [0.15, 0.2) is 23.2 Å². The molecule has 2 aromatic heterocycles. The first-order valence-electron chi connectivity index (χ1n) is 4.20. The molecule has 1 amide bonds. The van der Waals surface area contributed by atoms with Crippen molar-refractivity contribution in [3.63, 3.8) is 0 Å². The average molecular weight is 283 g/mol. The van der Waals surface area contributed by atoms with Crippen LogP contribution in [-0.4, -0.2) is 25.7 Å². The maximum atomic E-state index is 11.0. The van der Waals surface area contributed by atoms with Gasteiger partial charge >= 0.3 is 0 Å². The van der Waals surface area contributed by atoms with Crippen LogP contribution in [0.5, 0.6) is 0 Å². The topological polar surface area (TPSA) is 113 Å². The second-order valence-corrected chi connectivity index (χ2v) is 3.79. The smallest absolute Gasteiger partial charge is 0.271 e. The standard InChI is InChI=1S/C8H7BrN6O/c9-4-1-12-3-13-8(4)15-2-5(10)6(14-15)7(11)16/h1-3H,10H2,(H2,11,16). The van der Waals surface area contributed by atoms with Crippen LogP contribution in [0.3, 0.4) is 0 Å². The van der Waals surface area contributed by atoms with Gasteiger partial charge in [-0.1, -0.05) is 0 Å². The summed E-state index contributed by atoms with van der Waals surface area (Å²) >= 11 is 3.26. The van der Waals surface area contributed by atoms with Crippen LogP contribution in [0.2, 0.25) is 0 Å². The summed E-state index contributed by atoms with van der Waals surface area (Å²) in [6, 6.07) is 0. The first-order valence-corrected chi connectivity index (χ1v) is 4.99. The molecular weight excluding hydrogens is 276 g/mol.